The minimum Gasteiger partial charge on any atom is -0.376 e. The molecule has 0 radical (unpaired) electrons. The van der Waals surface area contributed by atoms with Gasteiger partial charge < -0.3 is 10.2 Å². The van der Waals surface area contributed by atoms with E-state index in [0.717, 1.165) is 16.8 Å². The van der Waals surface area contributed by atoms with Gasteiger partial charge >= 0.3 is 0 Å². The summed E-state index contributed by atoms with van der Waals surface area (Å²) in [4.78, 5) is 15.5. The number of benzene rings is 1. The van der Waals surface area contributed by atoms with Crippen LogP contribution in [0.15, 0.2) is 48.4 Å². The second kappa shape index (κ2) is 7.80. The lowest BCUT2D eigenvalue weighted by Crippen LogP contribution is -2.35. The molecule has 22 heavy (non-hydrogen) atoms. The largest absolute Gasteiger partial charge is 0.376 e. The Balaban J connectivity index is 2.00. The van der Waals surface area contributed by atoms with Gasteiger partial charge in [0.1, 0.15) is 0 Å². The molecule has 1 amide bonds. The second-order valence-corrected chi connectivity index (χ2v) is 6.29. The van der Waals surface area contributed by atoms with E-state index in [2.05, 4.69) is 11.9 Å². The van der Waals surface area contributed by atoms with Crippen molar-refractivity contribution in [1.82, 2.24) is 4.90 Å². The zero-order valence-electron chi connectivity index (χ0n) is 13.1. The molecule has 0 spiro atoms. The van der Waals surface area contributed by atoms with Gasteiger partial charge in [0.25, 0.3) is 0 Å². The predicted molar refractivity (Wildman–Crippen MR) is 94.3 cm³/mol. The van der Waals surface area contributed by atoms with Crippen molar-refractivity contribution in [3.8, 4) is 0 Å². The minimum atomic E-state index is 0.0796. The Labute approximate surface area is 136 Å². The number of nitrogens with one attached hydrogen (secondary N) is 1. The number of para-hydroxylation sites is 1. The molecule has 4 heteroatoms. The Morgan fingerprint density at radius 2 is 2.00 bits per heavy atom. The van der Waals surface area contributed by atoms with E-state index in [1.165, 1.54) is 4.88 Å². The zero-order chi connectivity index (χ0) is 15.9. The lowest BCUT2D eigenvalue weighted by Gasteiger charge is -2.21. The van der Waals surface area contributed by atoms with Crippen LogP contribution in [0.25, 0.3) is 0 Å². The molecule has 116 valence electrons. The number of hydrogen-bond donors (Lipinski definition) is 1. The highest BCUT2D eigenvalue weighted by atomic mass is 32.1. The van der Waals surface area contributed by atoms with Gasteiger partial charge in [0.15, 0.2) is 0 Å². The van der Waals surface area contributed by atoms with Crippen molar-refractivity contribution in [2.75, 3.05) is 18.4 Å². The van der Waals surface area contributed by atoms with Gasteiger partial charge in [0, 0.05) is 17.1 Å². The van der Waals surface area contributed by atoms with Crippen molar-refractivity contribution in [1.29, 1.82) is 0 Å². The van der Waals surface area contributed by atoms with Crippen LogP contribution in [0.1, 0.15) is 16.0 Å². The molecule has 0 saturated carbocycles. The average molecular weight is 314 g/mol. The van der Waals surface area contributed by atoms with Crippen molar-refractivity contribution in [3.63, 3.8) is 0 Å². The third-order valence-corrected chi connectivity index (χ3v) is 4.39. The summed E-state index contributed by atoms with van der Waals surface area (Å²) >= 11 is 1.67. The molecule has 0 aliphatic heterocycles. The van der Waals surface area contributed by atoms with Crippen LogP contribution in [-0.4, -0.2) is 23.9 Å². The molecule has 0 fully saturated rings. The van der Waals surface area contributed by atoms with E-state index in [-0.39, 0.29) is 5.91 Å². The summed E-state index contributed by atoms with van der Waals surface area (Å²) in [5.74, 6) is 0.0796. The normalized spacial score (nSPS) is 10.3. The molecule has 0 aliphatic rings. The quantitative estimate of drug-likeness (QED) is 0.784. The van der Waals surface area contributed by atoms with Crippen LogP contribution in [-0.2, 0) is 11.3 Å². The lowest BCUT2D eigenvalue weighted by atomic mass is 10.1. The Kier molecular flexibility index (Phi) is 5.78. The summed E-state index contributed by atoms with van der Waals surface area (Å²) in [7, 11) is 0. The summed E-state index contributed by atoms with van der Waals surface area (Å²) < 4.78 is 0. The summed E-state index contributed by atoms with van der Waals surface area (Å²) in [5, 5.41) is 5.31. The molecule has 0 atom stereocenters. The van der Waals surface area contributed by atoms with Gasteiger partial charge in [0.05, 0.1) is 13.1 Å². The molecular formula is C18H22N2OS. The van der Waals surface area contributed by atoms with Crippen LogP contribution in [0.4, 0.5) is 5.69 Å². The molecule has 2 rings (SSSR count). The van der Waals surface area contributed by atoms with Crippen molar-refractivity contribution in [3.05, 3.63) is 64.4 Å². The Morgan fingerprint density at radius 3 is 2.59 bits per heavy atom. The molecule has 2 aromatic rings. The fraction of sp³-hybridized carbons (Fsp3) is 0.278. The average Bonchev–Trinajstić information content (AvgIpc) is 2.99. The maximum atomic E-state index is 12.5. The topological polar surface area (TPSA) is 32.3 Å². The first kappa shape index (κ1) is 16.3. The van der Waals surface area contributed by atoms with E-state index < -0.39 is 0 Å². The van der Waals surface area contributed by atoms with Crippen LogP contribution in [0.3, 0.4) is 0 Å². The fourth-order valence-electron chi connectivity index (χ4n) is 2.37. The van der Waals surface area contributed by atoms with Crippen LogP contribution >= 0.6 is 11.3 Å². The second-order valence-electron chi connectivity index (χ2n) is 5.26. The molecule has 1 aromatic heterocycles. The number of nitrogens with zero attached hydrogens (tertiary/aromatic N) is 1. The van der Waals surface area contributed by atoms with Gasteiger partial charge in [-0.3, -0.25) is 4.79 Å². The van der Waals surface area contributed by atoms with Crippen LogP contribution < -0.4 is 5.32 Å². The molecule has 1 aromatic carbocycles. The number of aryl methyl sites for hydroxylation is 2. The maximum Gasteiger partial charge on any atom is 0.242 e. The summed E-state index contributed by atoms with van der Waals surface area (Å²) in [6.45, 7) is 9.34. The van der Waals surface area contributed by atoms with Gasteiger partial charge in [0.2, 0.25) is 5.91 Å². The van der Waals surface area contributed by atoms with Gasteiger partial charge in [-0.25, -0.2) is 0 Å². The van der Waals surface area contributed by atoms with E-state index in [9.17, 15) is 4.79 Å². The van der Waals surface area contributed by atoms with Crippen molar-refractivity contribution < 1.29 is 4.79 Å². The Morgan fingerprint density at radius 1 is 1.27 bits per heavy atom. The SMILES string of the molecule is C=CCN(Cc1cccs1)C(=O)CNc1c(C)cccc1C. The maximum absolute atomic E-state index is 12.5. The number of amides is 1. The van der Waals surface area contributed by atoms with E-state index in [1.807, 2.05) is 54.5 Å². The number of carbonyl (C=O) groups excluding carboxylic acids is 1. The Hall–Kier alpha value is -2.07. The van der Waals surface area contributed by atoms with Crippen molar-refractivity contribution in [2.24, 2.45) is 0 Å². The number of hydrogen-bond acceptors (Lipinski definition) is 3. The highest BCUT2D eigenvalue weighted by Crippen LogP contribution is 2.19. The van der Waals surface area contributed by atoms with Gasteiger partial charge in [-0.1, -0.05) is 30.3 Å². The van der Waals surface area contributed by atoms with Gasteiger partial charge in [-0.15, -0.1) is 17.9 Å². The lowest BCUT2D eigenvalue weighted by molar-refractivity contribution is -0.129. The smallest absolute Gasteiger partial charge is 0.242 e. The van der Waals surface area contributed by atoms with E-state index in [0.29, 0.717) is 19.6 Å². The Bertz CT molecular complexity index is 614. The van der Waals surface area contributed by atoms with Crippen molar-refractivity contribution >= 4 is 22.9 Å². The molecule has 3 nitrogen and oxygen atoms in total. The van der Waals surface area contributed by atoms with E-state index in [1.54, 1.807) is 17.4 Å². The van der Waals surface area contributed by atoms with Crippen LogP contribution in [0.5, 0.6) is 0 Å². The zero-order valence-corrected chi connectivity index (χ0v) is 14.0. The molecule has 0 saturated heterocycles. The third-order valence-electron chi connectivity index (χ3n) is 3.53. The van der Waals surface area contributed by atoms with E-state index in [4.69, 9.17) is 0 Å². The summed E-state index contributed by atoms with van der Waals surface area (Å²) in [6.07, 6.45) is 1.77. The standard InChI is InChI=1S/C18H22N2OS/c1-4-10-20(13-16-9-6-11-22-16)17(21)12-19-18-14(2)7-5-8-15(18)3/h4-9,11,19H,1,10,12-13H2,2-3H3. The van der Waals surface area contributed by atoms with Crippen molar-refractivity contribution in [2.45, 2.75) is 20.4 Å². The summed E-state index contributed by atoms with van der Waals surface area (Å²) in [5.41, 5.74) is 3.35. The molecule has 0 bridgehead atoms. The van der Waals surface area contributed by atoms with Crippen LogP contribution in [0.2, 0.25) is 0 Å². The number of thiophene rings is 1. The predicted octanol–water partition coefficient (Wildman–Crippen LogP) is 3.99. The molecule has 0 unspecified atom stereocenters. The first-order chi connectivity index (χ1) is 10.6. The summed E-state index contributed by atoms with van der Waals surface area (Å²) in [6, 6.07) is 10.2. The van der Waals surface area contributed by atoms with Gasteiger partial charge in [-0.2, -0.15) is 0 Å². The fourth-order valence-corrected chi connectivity index (χ4v) is 3.09. The molecular weight excluding hydrogens is 292 g/mol. The number of carbonyl (C=O) groups is 1. The number of rotatable bonds is 7. The monoisotopic (exact) mass is 314 g/mol. The molecule has 1 N–H and O–H groups in total. The van der Waals surface area contributed by atoms with Crippen LogP contribution in [0, 0.1) is 13.8 Å². The van der Waals surface area contributed by atoms with Gasteiger partial charge in [-0.05, 0) is 36.4 Å². The highest BCUT2D eigenvalue weighted by molar-refractivity contribution is 7.09. The minimum absolute atomic E-state index is 0.0796. The first-order valence-corrected chi connectivity index (χ1v) is 8.21. The molecule has 1 heterocycles. The third kappa shape index (κ3) is 4.21. The molecule has 0 aliphatic carbocycles. The van der Waals surface area contributed by atoms with E-state index >= 15 is 0 Å². The first-order valence-electron chi connectivity index (χ1n) is 7.33. The highest BCUT2D eigenvalue weighted by Gasteiger charge is 2.13. The number of anilines is 1.